The van der Waals surface area contributed by atoms with E-state index >= 15 is 0 Å². The zero-order valence-corrected chi connectivity index (χ0v) is 13.1. The molecule has 2 heterocycles. The summed E-state index contributed by atoms with van der Waals surface area (Å²) >= 11 is 0. The van der Waals surface area contributed by atoms with E-state index < -0.39 is 6.23 Å². The number of rotatable bonds is 2. The van der Waals surface area contributed by atoms with E-state index in [1.807, 2.05) is 54.6 Å². The largest absolute Gasteiger partial charge is 0.446 e. The van der Waals surface area contributed by atoms with Gasteiger partial charge < -0.3 is 4.74 Å². The van der Waals surface area contributed by atoms with Crippen molar-refractivity contribution in [3.63, 3.8) is 0 Å². The summed E-state index contributed by atoms with van der Waals surface area (Å²) in [4.78, 5) is 16.1. The van der Waals surface area contributed by atoms with Crippen LogP contribution in [0.1, 0.15) is 24.3 Å². The standard InChI is InChI=1S/C19H15N3O2/c1-13(23)22-19(24-18(21-22)15-8-5-11-20-12-15)17-10-4-7-14-6-2-3-9-16(14)17/h2-12,19H,1H3/t19-/m1/s1. The molecule has 0 spiro atoms. The number of hydrazone groups is 1. The predicted octanol–water partition coefficient (Wildman–Crippen LogP) is 3.47. The summed E-state index contributed by atoms with van der Waals surface area (Å²) in [6.07, 6.45) is 2.77. The lowest BCUT2D eigenvalue weighted by molar-refractivity contribution is -0.135. The topological polar surface area (TPSA) is 54.8 Å². The number of hydrogen-bond donors (Lipinski definition) is 0. The van der Waals surface area contributed by atoms with Gasteiger partial charge in [-0.15, -0.1) is 5.10 Å². The first-order valence-corrected chi connectivity index (χ1v) is 7.67. The second-order valence-electron chi connectivity index (χ2n) is 5.55. The Hall–Kier alpha value is -3.21. The fraction of sp³-hybridized carbons (Fsp3) is 0.105. The van der Waals surface area contributed by atoms with Crippen LogP contribution < -0.4 is 0 Å². The van der Waals surface area contributed by atoms with E-state index in [0.29, 0.717) is 5.90 Å². The molecule has 1 aliphatic rings. The number of carbonyl (C=O) groups excluding carboxylic acids is 1. The third kappa shape index (κ3) is 2.40. The molecule has 4 rings (SSSR count). The molecule has 24 heavy (non-hydrogen) atoms. The highest BCUT2D eigenvalue weighted by Gasteiger charge is 2.34. The Bertz CT molecular complexity index is 932. The summed E-state index contributed by atoms with van der Waals surface area (Å²) in [6.45, 7) is 1.48. The molecule has 2 aromatic carbocycles. The van der Waals surface area contributed by atoms with Gasteiger partial charge in [-0.2, -0.15) is 5.01 Å². The summed E-state index contributed by atoms with van der Waals surface area (Å²) in [5.41, 5.74) is 1.65. The molecule has 0 fully saturated rings. The summed E-state index contributed by atoms with van der Waals surface area (Å²) in [5, 5.41) is 7.87. The summed E-state index contributed by atoms with van der Waals surface area (Å²) < 4.78 is 6.03. The van der Waals surface area contributed by atoms with Crippen molar-refractivity contribution in [2.75, 3.05) is 0 Å². The second-order valence-corrected chi connectivity index (χ2v) is 5.55. The molecule has 0 saturated carbocycles. The molecule has 0 radical (unpaired) electrons. The van der Waals surface area contributed by atoms with Gasteiger partial charge in [-0.3, -0.25) is 9.78 Å². The number of carbonyl (C=O) groups is 1. The zero-order chi connectivity index (χ0) is 16.5. The molecule has 0 N–H and O–H groups in total. The van der Waals surface area contributed by atoms with Crippen LogP contribution in [0, 0.1) is 0 Å². The van der Waals surface area contributed by atoms with E-state index in [9.17, 15) is 4.79 Å². The molecule has 1 atom stereocenters. The van der Waals surface area contributed by atoms with Gasteiger partial charge in [-0.1, -0.05) is 42.5 Å². The first-order chi connectivity index (χ1) is 11.7. The maximum Gasteiger partial charge on any atom is 0.243 e. The minimum Gasteiger partial charge on any atom is -0.446 e. The smallest absolute Gasteiger partial charge is 0.243 e. The lowest BCUT2D eigenvalue weighted by atomic mass is 10.0. The van der Waals surface area contributed by atoms with Crippen LogP contribution in [0.4, 0.5) is 0 Å². The van der Waals surface area contributed by atoms with Gasteiger partial charge in [0.1, 0.15) is 0 Å². The minimum atomic E-state index is -0.580. The number of hydrogen-bond acceptors (Lipinski definition) is 4. The van der Waals surface area contributed by atoms with Crippen molar-refractivity contribution < 1.29 is 9.53 Å². The molecule has 0 saturated heterocycles. The molecule has 5 heteroatoms. The monoisotopic (exact) mass is 317 g/mol. The Labute approximate surface area is 139 Å². The summed E-state index contributed by atoms with van der Waals surface area (Å²) in [7, 11) is 0. The van der Waals surface area contributed by atoms with Crippen molar-refractivity contribution in [3.05, 3.63) is 78.1 Å². The molecule has 118 valence electrons. The van der Waals surface area contributed by atoms with Gasteiger partial charge in [0.15, 0.2) is 0 Å². The molecule has 0 unspecified atom stereocenters. The van der Waals surface area contributed by atoms with Gasteiger partial charge in [0.05, 0.1) is 5.56 Å². The zero-order valence-electron chi connectivity index (χ0n) is 13.1. The van der Waals surface area contributed by atoms with Gasteiger partial charge in [-0.05, 0) is 22.9 Å². The average molecular weight is 317 g/mol. The highest BCUT2D eigenvalue weighted by Crippen LogP contribution is 2.34. The van der Waals surface area contributed by atoms with E-state index in [0.717, 1.165) is 21.9 Å². The minimum absolute atomic E-state index is 0.174. The van der Waals surface area contributed by atoms with Crippen molar-refractivity contribution >= 4 is 22.6 Å². The van der Waals surface area contributed by atoms with E-state index in [1.165, 1.54) is 11.9 Å². The molecule has 3 aromatic rings. The highest BCUT2D eigenvalue weighted by atomic mass is 16.5. The molecule has 0 bridgehead atoms. The van der Waals surface area contributed by atoms with Gasteiger partial charge in [-0.25, -0.2) is 0 Å². The Balaban J connectivity index is 1.79. The number of amides is 1. The van der Waals surface area contributed by atoms with Gasteiger partial charge in [0, 0.05) is 24.9 Å². The second kappa shape index (κ2) is 5.77. The van der Waals surface area contributed by atoms with Crippen LogP contribution in [0.15, 0.2) is 72.1 Å². The molecule has 1 amide bonds. The lowest BCUT2D eigenvalue weighted by Crippen LogP contribution is -2.25. The molecular formula is C19H15N3O2. The van der Waals surface area contributed by atoms with Crippen molar-refractivity contribution in [2.45, 2.75) is 13.2 Å². The Kier molecular flexibility index (Phi) is 3.46. The number of nitrogens with zero attached hydrogens (tertiary/aromatic N) is 3. The number of aromatic nitrogens is 1. The average Bonchev–Trinajstić information content (AvgIpc) is 3.07. The molecular weight excluding hydrogens is 302 g/mol. The summed E-state index contributed by atoms with van der Waals surface area (Å²) in [5.74, 6) is 0.225. The summed E-state index contributed by atoms with van der Waals surface area (Å²) in [6, 6.07) is 17.6. The quantitative estimate of drug-likeness (QED) is 0.727. The number of ether oxygens (including phenoxy) is 1. The van der Waals surface area contributed by atoms with Crippen LogP contribution in [0.2, 0.25) is 0 Å². The fourth-order valence-electron chi connectivity index (χ4n) is 2.84. The van der Waals surface area contributed by atoms with Crippen LogP contribution in [-0.4, -0.2) is 21.8 Å². The van der Waals surface area contributed by atoms with Crippen LogP contribution in [0.3, 0.4) is 0 Å². The first-order valence-electron chi connectivity index (χ1n) is 7.67. The van der Waals surface area contributed by atoms with Gasteiger partial charge >= 0.3 is 0 Å². The van der Waals surface area contributed by atoms with E-state index in [-0.39, 0.29) is 5.91 Å². The molecule has 1 aromatic heterocycles. The van der Waals surface area contributed by atoms with Gasteiger partial charge in [0.2, 0.25) is 18.0 Å². The first kappa shape index (κ1) is 14.4. The van der Waals surface area contributed by atoms with Crippen LogP contribution >= 0.6 is 0 Å². The maximum absolute atomic E-state index is 12.1. The normalized spacial score (nSPS) is 16.8. The molecule has 5 nitrogen and oxygen atoms in total. The number of pyridine rings is 1. The third-order valence-corrected chi connectivity index (χ3v) is 3.96. The van der Waals surface area contributed by atoms with Crippen LogP contribution in [0.25, 0.3) is 10.8 Å². The van der Waals surface area contributed by atoms with Gasteiger partial charge in [0.25, 0.3) is 0 Å². The Morgan fingerprint density at radius 2 is 1.92 bits per heavy atom. The Morgan fingerprint density at radius 1 is 1.08 bits per heavy atom. The third-order valence-electron chi connectivity index (χ3n) is 3.96. The van der Waals surface area contributed by atoms with Crippen LogP contribution in [0.5, 0.6) is 0 Å². The van der Waals surface area contributed by atoms with E-state index in [4.69, 9.17) is 4.74 Å². The van der Waals surface area contributed by atoms with Crippen molar-refractivity contribution in [1.82, 2.24) is 9.99 Å². The SMILES string of the molecule is CC(=O)N1N=C(c2cccnc2)O[C@@H]1c1cccc2ccccc12. The fourth-order valence-corrected chi connectivity index (χ4v) is 2.84. The predicted molar refractivity (Wildman–Crippen MR) is 91.1 cm³/mol. The van der Waals surface area contributed by atoms with Crippen molar-refractivity contribution in [1.29, 1.82) is 0 Å². The lowest BCUT2D eigenvalue weighted by Gasteiger charge is -2.20. The van der Waals surface area contributed by atoms with E-state index in [1.54, 1.807) is 12.4 Å². The maximum atomic E-state index is 12.1. The molecule has 0 aliphatic carbocycles. The van der Waals surface area contributed by atoms with E-state index in [2.05, 4.69) is 10.1 Å². The van der Waals surface area contributed by atoms with Crippen LogP contribution in [-0.2, 0) is 9.53 Å². The molecule has 1 aliphatic heterocycles. The number of benzene rings is 2. The number of fused-ring (bicyclic) bond motifs is 1. The Morgan fingerprint density at radius 3 is 2.71 bits per heavy atom. The highest BCUT2D eigenvalue weighted by molar-refractivity contribution is 5.96. The van der Waals surface area contributed by atoms with Crippen molar-refractivity contribution in [2.24, 2.45) is 5.10 Å². The van der Waals surface area contributed by atoms with Crippen molar-refractivity contribution in [3.8, 4) is 0 Å².